The Labute approximate surface area is 139 Å². The lowest BCUT2D eigenvalue weighted by molar-refractivity contribution is -0.137. The van der Waals surface area contributed by atoms with Crippen LogP contribution >= 0.6 is 0 Å². The average Bonchev–Trinajstić information content (AvgIpc) is 2.65. The van der Waals surface area contributed by atoms with E-state index in [2.05, 4.69) is 4.98 Å². The molecule has 1 aliphatic rings. The second-order valence-corrected chi connectivity index (χ2v) is 6.71. The minimum absolute atomic E-state index is 0.0720. The van der Waals surface area contributed by atoms with Crippen molar-refractivity contribution in [3.05, 3.63) is 28.9 Å². The summed E-state index contributed by atoms with van der Waals surface area (Å²) in [6, 6.07) is 0.934. The summed E-state index contributed by atoms with van der Waals surface area (Å²) >= 11 is 0. The minimum atomic E-state index is -4.58. The molecule has 0 radical (unpaired) electrons. The molecule has 5 nitrogen and oxygen atoms in total. The summed E-state index contributed by atoms with van der Waals surface area (Å²) in [6.07, 6.45) is -1.83. The Bertz CT molecular complexity index is 644. The van der Waals surface area contributed by atoms with Crippen LogP contribution in [0.5, 0.6) is 0 Å². The van der Waals surface area contributed by atoms with Gasteiger partial charge in [-0.2, -0.15) is 13.2 Å². The molecular weight excluding hydrogens is 322 g/mol. The summed E-state index contributed by atoms with van der Waals surface area (Å²) in [7, 11) is -0.730. The molecule has 2 heterocycles. The highest BCUT2D eigenvalue weighted by Crippen LogP contribution is 2.39. The van der Waals surface area contributed by atoms with Crippen molar-refractivity contribution in [2.24, 2.45) is 5.73 Å². The third-order valence-corrected chi connectivity index (χ3v) is 4.39. The monoisotopic (exact) mass is 343 g/mol. The summed E-state index contributed by atoms with van der Waals surface area (Å²) in [5.74, 6) is -0.565. The first-order valence-corrected chi connectivity index (χ1v) is 7.46. The van der Waals surface area contributed by atoms with Crippen molar-refractivity contribution in [3.63, 3.8) is 0 Å². The Morgan fingerprint density at radius 3 is 2.25 bits per heavy atom. The van der Waals surface area contributed by atoms with E-state index in [1.54, 1.807) is 0 Å². The first-order chi connectivity index (χ1) is 10.9. The molecule has 0 atom stereocenters. The average molecular weight is 343 g/mol. The van der Waals surface area contributed by atoms with Crippen molar-refractivity contribution in [1.82, 2.24) is 4.98 Å². The molecule has 0 unspecified atom stereocenters. The minimum Gasteiger partial charge on any atom is -0.400 e. The second kappa shape index (κ2) is 6.05. The van der Waals surface area contributed by atoms with Gasteiger partial charge in [0.2, 0.25) is 0 Å². The number of nitrogens with two attached hydrogens (primary N) is 2. The Kier molecular flexibility index (Phi) is 4.73. The van der Waals surface area contributed by atoms with Gasteiger partial charge in [-0.3, -0.25) is 0 Å². The zero-order valence-corrected chi connectivity index (χ0v) is 14.1. The maximum absolute atomic E-state index is 12.9. The number of hydrogen-bond acceptors (Lipinski definition) is 5. The Balaban J connectivity index is 2.36. The first-order valence-electron chi connectivity index (χ1n) is 7.46. The second-order valence-electron chi connectivity index (χ2n) is 6.71. The first kappa shape index (κ1) is 18.8. The fourth-order valence-corrected chi connectivity index (χ4v) is 2.23. The highest BCUT2D eigenvalue weighted by Gasteiger charge is 2.52. The number of hydrogen-bond donors (Lipinski definition) is 2. The zero-order valence-electron chi connectivity index (χ0n) is 14.1. The number of nitrogens with zero attached hydrogens (tertiary/aromatic N) is 1. The fraction of sp³-hybridized carbons (Fsp3) is 0.533. The topological polar surface area (TPSA) is 83.4 Å². The smallest absolute Gasteiger partial charge is 0.400 e. The van der Waals surface area contributed by atoms with Gasteiger partial charge in [0.05, 0.1) is 16.8 Å². The van der Waals surface area contributed by atoms with Gasteiger partial charge in [0.1, 0.15) is 5.82 Å². The van der Waals surface area contributed by atoms with E-state index in [0.717, 1.165) is 6.07 Å². The third kappa shape index (κ3) is 3.58. The van der Waals surface area contributed by atoms with E-state index in [1.165, 1.54) is 12.3 Å². The van der Waals surface area contributed by atoms with Gasteiger partial charge in [-0.25, -0.2) is 4.98 Å². The fourth-order valence-electron chi connectivity index (χ4n) is 2.23. The lowest BCUT2D eigenvalue weighted by atomic mass is 9.77. The van der Waals surface area contributed by atoms with Crippen LogP contribution in [-0.4, -0.2) is 29.8 Å². The van der Waals surface area contributed by atoms with Crippen LogP contribution in [0.4, 0.5) is 19.0 Å². The molecule has 1 aliphatic heterocycles. The molecule has 0 spiro atoms. The molecule has 1 aromatic heterocycles. The van der Waals surface area contributed by atoms with Crippen molar-refractivity contribution in [2.75, 3.05) is 12.3 Å². The van der Waals surface area contributed by atoms with Crippen LogP contribution in [0.1, 0.15) is 38.8 Å². The van der Waals surface area contributed by atoms with Gasteiger partial charge in [0, 0.05) is 12.7 Å². The maximum atomic E-state index is 12.9. The third-order valence-electron chi connectivity index (χ3n) is 4.39. The number of nitrogen functional groups attached to an aromatic ring is 1. The van der Waals surface area contributed by atoms with Gasteiger partial charge >= 0.3 is 13.3 Å². The van der Waals surface area contributed by atoms with E-state index in [9.17, 15) is 13.2 Å². The number of halogens is 3. The SMILES string of the molecule is CC1(C)OB(C(=Cc2cnc(N)c(C(F)(F)F)c2)CN)OC1(C)C. The van der Waals surface area contributed by atoms with Gasteiger partial charge in [-0.15, -0.1) is 0 Å². The largest absolute Gasteiger partial charge is 0.491 e. The van der Waals surface area contributed by atoms with Crippen LogP contribution in [0.15, 0.2) is 17.7 Å². The molecule has 9 heteroatoms. The highest BCUT2D eigenvalue weighted by molar-refractivity contribution is 6.55. The molecule has 0 amide bonds. The van der Waals surface area contributed by atoms with Crippen LogP contribution in [0.2, 0.25) is 0 Å². The standard InChI is InChI=1S/C15H21BF3N3O2/c1-13(2)14(3,4)24-16(23-13)10(7-20)5-9-6-11(15(17,18)19)12(21)22-8-9/h5-6,8H,7,20H2,1-4H3,(H2,21,22). The lowest BCUT2D eigenvalue weighted by Crippen LogP contribution is -2.41. The molecular formula is C15H21BF3N3O2. The zero-order chi connectivity index (χ0) is 18.3. The Hall–Kier alpha value is -1.58. The molecule has 4 N–H and O–H groups in total. The van der Waals surface area contributed by atoms with E-state index in [0.29, 0.717) is 5.47 Å². The van der Waals surface area contributed by atoms with Gasteiger partial charge in [-0.1, -0.05) is 6.08 Å². The molecule has 2 rings (SSSR count). The van der Waals surface area contributed by atoms with E-state index in [1.807, 2.05) is 27.7 Å². The molecule has 0 aromatic carbocycles. The number of rotatable bonds is 3. The van der Waals surface area contributed by atoms with Crippen molar-refractivity contribution in [3.8, 4) is 0 Å². The van der Waals surface area contributed by atoms with Gasteiger partial charge in [-0.05, 0) is 44.8 Å². The summed E-state index contributed by atoms with van der Waals surface area (Å²) in [5.41, 5.74) is 9.67. The molecule has 0 aliphatic carbocycles. The number of anilines is 1. The van der Waals surface area contributed by atoms with Crippen molar-refractivity contribution in [2.45, 2.75) is 45.1 Å². The molecule has 0 bridgehead atoms. The summed E-state index contributed by atoms with van der Waals surface area (Å²) in [5, 5.41) is 0. The summed E-state index contributed by atoms with van der Waals surface area (Å²) in [6.45, 7) is 7.60. The van der Waals surface area contributed by atoms with Crippen molar-refractivity contribution < 1.29 is 22.5 Å². The van der Waals surface area contributed by atoms with Crippen LogP contribution in [0, 0.1) is 0 Å². The predicted octanol–water partition coefficient (Wildman–Crippen LogP) is 2.66. The van der Waals surface area contributed by atoms with Gasteiger partial charge < -0.3 is 20.8 Å². The van der Waals surface area contributed by atoms with Gasteiger partial charge in [0.15, 0.2) is 0 Å². The normalized spacial score (nSPS) is 20.5. The van der Waals surface area contributed by atoms with Crippen LogP contribution in [-0.2, 0) is 15.5 Å². The molecule has 24 heavy (non-hydrogen) atoms. The van der Waals surface area contributed by atoms with Gasteiger partial charge in [0.25, 0.3) is 0 Å². The Morgan fingerprint density at radius 2 is 1.79 bits per heavy atom. The van der Waals surface area contributed by atoms with E-state index in [-0.39, 0.29) is 12.1 Å². The van der Waals surface area contributed by atoms with Crippen LogP contribution in [0.3, 0.4) is 0 Å². The number of pyridine rings is 1. The quantitative estimate of drug-likeness (QED) is 0.825. The van der Waals surface area contributed by atoms with E-state index < -0.39 is 35.9 Å². The maximum Gasteiger partial charge on any atom is 0.491 e. The molecule has 1 fully saturated rings. The number of alkyl halides is 3. The van der Waals surface area contributed by atoms with Crippen molar-refractivity contribution >= 4 is 19.0 Å². The van der Waals surface area contributed by atoms with E-state index in [4.69, 9.17) is 20.8 Å². The molecule has 132 valence electrons. The van der Waals surface area contributed by atoms with E-state index >= 15 is 0 Å². The number of aromatic nitrogens is 1. The lowest BCUT2D eigenvalue weighted by Gasteiger charge is -2.32. The Morgan fingerprint density at radius 1 is 1.25 bits per heavy atom. The molecule has 1 saturated heterocycles. The predicted molar refractivity (Wildman–Crippen MR) is 86.8 cm³/mol. The van der Waals surface area contributed by atoms with Crippen molar-refractivity contribution in [1.29, 1.82) is 0 Å². The van der Waals surface area contributed by atoms with Crippen LogP contribution in [0.25, 0.3) is 6.08 Å². The molecule has 0 saturated carbocycles. The summed E-state index contributed by atoms with van der Waals surface area (Å²) in [4.78, 5) is 3.61. The van der Waals surface area contributed by atoms with Crippen LogP contribution < -0.4 is 11.5 Å². The molecule has 1 aromatic rings. The summed E-state index contributed by atoms with van der Waals surface area (Å²) < 4.78 is 50.6. The highest BCUT2D eigenvalue weighted by atomic mass is 19.4.